The van der Waals surface area contributed by atoms with E-state index in [1.165, 1.54) is 26.4 Å². The molecule has 3 aromatic rings. The highest BCUT2D eigenvalue weighted by molar-refractivity contribution is 6.39. The molecule has 0 spiro atoms. The minimum absolute atomic E-state index is 0.0995. The van der Waals surface area contributed by atoms with Crippen molar-refractivity contribution in [1.82, 2.24) is 5.43 Å². The molecule has 9 heteroatoms. The van der Waals surface area contributed by atoms with Crippen LogP contribution in [0.15, 0.2) is 71.8 Å². The molecule has 3 rings (SSSR count). The van der Waals surface area contributed by atoms with Crippen molar-refractivity contribution < 1.29 is 28.2 Å². The lowest BCUT2D eigenvalue weighted by Gasteiger charge is -2.11. The van der Waals surface area contributed by atoms with Gasteiger partial charge in [0, 0.05) is 11.6 Å². The highest BCUT2D eigenvalue weighted by Crippen LogP contribution is 2.28. The van der Waals surface area contributed by atoms with Gasteiger partial charge in [0.1, 0.15) is 29.7 Å². The standard InChI is InChI=1S/C25H24FN3O5/c1-16(17-8-10-19(11-9-17)34-15-18-6-4-5-7-21(18)26)28-29-25(31)24(30)27-22-14-20(32-2)12-13-23(22)33-3/h4-14H,15H2,1-3H3,(H,27,30)(H,29,31). The summed E-state index contributed by atoms with van der Waals surface area (Å²) in [5.74, 6) is -0.776. The van der Waals surface area contributed by atoms with Crippen LogP contribution < -0.4 is 25.0 Å². The lowest BCUT2D eigenvalue weighted by Crippen LogP contribution is -2.33. The van der Waals surface area contributed by atoms with E-state index in [4.69, 9.17) is 14.2 Å². The first-order valence-corrected chi connectivity index (χ1v) is 10.3. The van der Waals surface area contributed by atoms with Crippen LogP contribution in [0.3, 0.4) is 0 Å². The second-order valence-electron chi connectivity index (χ2n) is 7.06. The number of benzene rings is 3. The molecule has 0 aliphatic carbocycles. The average molecular weight is 465 g/mol. The summed E-state index contributed by atoms with van der Waals surface area (Å²) in [6.07, 6.45) is 0. The van der Waals surface area contributed by atoms with Gasteiger partial charge in [0.25, 0.3) is 0 Å². The molecule has 2 N–H and O–H groups in total. The number of amides is 2. The van der Waals surface area contributed by atoms with Gasteiger partial charge in [0.2, 0.25) is 0 Å². The molecular formula is C25H24FN3O5. The Bertz CT molecular complexity index is 1200. The second-order valence-corrected chi connectivity index (χ2v) is 7.06. The Morgan fingerprint density at radius 3 is 2.29 bits per heavy atom. The fraction of sp³-hybridized carbons (Fsp3) is 0.160. The summed E-state index contributed by atoms with van der Waals surface area (Å²) < 4.78 is 29.6. The first kappa shape index (κ1) is 24.2. The highest BCUT2D eigenvalue weighted by Gasteiger charge is 2.16. The van der Waals surface area contributed by atoms with Gasteiger partial charge in [0.05, 0.1) is 25.6 Å². The van der Waals surface area contributed by atoms with Gasteiger partial charge in [-0.25, -0.2) is 9.82 Å². The number of nitrogens with one attached hydrogen (secondary N) is 2. The first-order chi connectivity index (χ1) is 16.4. The summed E-state index contributed by atoms with van der Waals surface area (Å²) in [6.45, 7) is 1.78. The van der Waals surface area contributed by atoms with E-state index in [1.807, 2.05) is 0 Å². The van der Waals surface area contributed by atoms with E-state index in [0.717, 1.165) is 0 Å². The SMILES string of the molecule is COc1ccc(OC)c(NC(=O)C(=O)NN=C(C)c2ccc(OCc3ccccc3F)cc2)c1. The summed E-state index contributed by atoms with van der Waals surface area (Å²) in [6, 6.07) is 18.1. The van der Waals surface area contributed by atoms with E-state index in [1.54, 1.807) is 61.5 Å². The minimum atomic E-state index is -0.950. The molecule has 34 heavy (non-hydrogen) atoms. The lowest BCUT2D eigenvalue weighted by molar-refractivity contribution is -0.136. The van der Waals surface area contributed by atoms with Crippen LogP contribution in [0.2, 0.25) is 0 Å². The summed E-state index contributed by atoms with van der Waals surface area (Å²) >= 11 is 0. The fourth-order valence-electron chi connectivity index (χ4n) is 2.91. The molecule has 0 aliphatic heterocycles. The number of nitrogens with zero attached hydrogens (tertiary/aromatic N) is 1. The normalized spacial score (nSPS) is 10.9. The Hall–Kier alpha value is -4.40. The lowest BCUT2D eigenvalue weighted by atomic mass is 10.1. The fourth-order valence-corrected chi connectivity index (χ4v) is 2.91. The van der Waals surface area contributed by atoms with Crippen LogP contribution in [0.25, 0.3) is 0 Å². The van der Waals surface area contributed by atoms with Crippen LogP contribution >= 0.6 is 0 Å². The van der Waals surface area contributed by atoms with Gasteiger partial charge in [-0.2, -0.15) is 5.10 Å². The van der Waals surface area contributed by atoms with Crippen LogP contribution in [0.1, 0.15) is 18.1 Å². The highest BCUT2D eigenvalue weighted by atomic mass is 19.1. The maximum absolute atomic E-state index is 13.7. The monoisotopic (exact) mass is 465 g/mol. The molecule has 2 amide bonds. The largest absolute Gasteiger partial charge is 0.497 e. The van der Waals surface area contributed by atoms with Gasteiger partial charge in [-0.15, -0.1) is 0 Å². The average Bonchev–Trinajstić information content (AvgIpc) is 2.86. The molecule has 3 aromatic carbocycles. The summed E-state index contributed by atoms with van der Waals surface area (Å²) in [5, 5.41) is 6.45. The Morgan fingerprint density at radius 1 is 0.912 bits per heavy atom. The summed E-state index contributed by atoms with van der Waals surface area (Å²) in [4.78, 5) is 24.4. The van der Waals surface area contributed by atoms with Crippen molar-refractivity contribution in [3.8, 4) is 17.2 Å². The molecule has 0 radical (unpaired) electrons. The number of carbonyl (C=O) groups excluding carboxylic acids is 2. The van der Waals surface area contributed by atoms with E-state index in [2.05, 4.69) is 15.8 Å². The van der Waals surface area contributed by atoms with Crippen molar-refractivity contribution in [3.63, 3.8) is 0 Å². The van der Waals surface area contributed by atoms with Gasteiger partial charge in [-0.05, 0) is 55.0 Å². The van der Waals surface area contributed by atoms with Crippen molar-refractivity contribution in [2.45, 2.75) is 13.5 Å². The number of hydrogen-bond acceptors (Lipinski definition) is 6. The number of ether oxygens (including phenoxy) is 3. The van der Waals surface area contributed by atoms with Gasteiger partial charge < -0.3 is 19.5 Å². The molecule has 0 saturated heterocycles. The molecular weight excluding hydrogens is 441 g/mol. The number of hydrazone groups is 1. The van der Waals surface area contributed by atoms with Crippen molar-refractivity contribution in [3.05, 3.63) is 83.7 Å². The van der Waals surface area contributed by atoms with E-state index < -0.39 is 11.8 Å². The number of rotatable bonds is 8. The Balaban J connectivity index is 1.57. The number of carbonyl (C=O) groups is 2. The smallest absolute Gasteiger partial charge is 0.329 e. The predicted molar refractivity (Wildman–Crippen MR) is 126 cm³/mol. The van der Waals surface area contributed by atoms with Crippen LogP contribution in [-0.2, 0) is 16.2 Å². The minimum Gasteiger partial charge on any atom is -0.497 e. The van der Waals surface area contributed by atoms with Gasteiger partial charge in [-0.1, -0.05) is 18.2 Å². The zero-order valence-electron chi connectivity index (χ0n) is 18.9. The molecule has 0 bridgehead atoms. The topological polar surface area (TPSA) is 98.2 Å². The molecule has 8 nitrogen and oxygen atoms in total. The summed E-state index contributed by atoms with van der Waals surface area (Å²) in [7, 11) is 2.93. The van der Waals surface area contributed by atoms with Crippen LogP contribution in [0.4, 0.5) is 10.1 Å². The number of anilines is 1. The second kappa shape index (κ2) is 11.5. The van der Waals surface area contributed by atoms with Crippen molar-refractivity contribution in [2.24, 2.45) is 5.10 Å². The maximum Gasteiger partial charge on any atom is 0.329 e. The molecule has 0 aromatic heterocycles. The third-order valence-corrected chi connectivity index (χ3v) is 4.81. The molecule has 0 saturated carbocycles. The van der Waals surface area contributed by atoms with E-state index in [0.29, 0.717) is 34.1 Å². The molecule has 0 fully saturated rings. The van der Waals surface area contributed by atoms with E-state index in [-0.39, 0.29) is 18.1 Å². The number of methoxy groups -OCH3 is 2. The zero-order chi connectivity index (χ0) is 24.5. The van der Waals surface area contributed by atoms with Gasteiger partial charge >= 0.3 is 11.8 Å². The molecule has 0 aliphatic rings. The molecule has 0 atom stereocenters. The molecule has 0 heterocycles. The third-order valence-electron chi connectivity index (χ3n) is 4.81. The van der Waals surface area contributed by atoms with Crippen molar-refractivity contribution in [1.29, 1.82) is 0 Å². The van der Waals surface area contributed by atoms with Crippen LogP contribution in [0, 0.1) is 5.82 Å². The Labute approximate surface area is 196 Å². The Kier molecular flexibility index (Phi) is 8.17. The number of hydrogen-bond donors (Lipinski definition) is 2. The van der Waals surface area contributed by atoms with Gasteiger partial charge in [0.15, 0.2) is 0 Å². The van der Waals surface area contributed by atoms with Crippen molar-refractivity contribution in [2.75, 3.05) is 19.5 Å². The quantitative estimate of drug-likeness (QED) is 0.299. The van der Waals surface area contributed by atoms with Gasteiger partial charge in [-0.3, -0.25) is 9.59 Å². The Morgan fingerprint density at radius 2 is 1.62 bits per heavy atom. The van der Waals surface area contributed by atoms with E-state index >= 15 is 0 Å². The van der Waals surface area contributed by atoms with E-state index in [9.17, 15) is 14.0 Å². The molecule has 176 valence electrons. The van der Waals surface area contributed by atoms with Crippen LogP contribution in [0.5, 0.6) is 17.2 Å². The predicted octanol–water partition coefficient (Wildman–Crippen LogP) is 3.90. The summed E-state index contributed by atoms with van der Waals surface area (Å²) in [5.41, 5.74) is 4.14. The zero-order valence-corrected chi connectivity index (χ0v) is 18.9. The third kappa shape index (κ3) is 6.32. The number of halogens is 1. The van der Waals surface area contributed by atoms with Crippen molar-refractivity contribution >= 4 is 23.2 Å². The molecule has 0 unspecified atom stereocenters. The first-order valence-electron chi connectivity index (χ1n) is 10.3. The van der Waals surface area contributed by atoms with Crippen LogP contribution in [-0.4, -0.2) is 31.7 Å². The maximum atomic E-state index is 13.7.